The Kier molecular flexibility index (Phi) is 5.49. The van der Waals surface area contributed by atoms with Gasteiger partial charge >= 0.3 is 0 Å². The Bertz CT molecular complexity index is 1040. The molecule has 26 heavy (non-hydrogen) atoms. The minimum absolute atomic E-state index is 0.0916. The number of anilines is 1. The van der Waals surface area contributed by atoms with Crippen molar-refractivity contribution in [1.82, 2.24) is 9.55 Å². The number of methoxy groups -OCH3 is 1. The van der Waals surface area contributed by atoms with Crippen molar-refractivity contribution >= 4 is 45.9 Å². The molecular weight excluding hydrogens is 374 g/mol. The minimum Gasteiger partial charge on any atom is -0.495 e. The number of amides is 1. The van der Waals surface area contributed by atoms with Crippen molar-refractivity contribution in [3.63, 3.8) is 0 Å². The van der Waals surface area contributed by atoms with E-state index in [2.05, 4.69) is 10.3 Å². The van der Waals surface area contributed by atoms with Crippen molar-refractivity contribution in [2.75, 3.05) is 18.2 Å². The Morgan fingerprint density at radius 2 is 2.08 bits per heavy atom. The molecule has 2 aromatic carbocycles. The first-order chi connectivity index (χ1) is 12.5. The van der Waals surface area contributed by atoms with Crippen LogP contribution in [-0.4, -0.2) is 28.3 Å². The number of nitrogens with one attached hydrogen (secondary N) is 1. The molecule has 0 aliphatic rings. The highest BCUT2D eigenvalue weighted by molar-refractivity contribution is 7.99. The van der Waals surface area contributed by atoms with Crippen molar-refractivity contribution in [3.05, 3.63) is 57.8 Å². The molecule has 3 rings (SSSR count). The van der Waals surface area contributed by atoms with Crippen LogP contribution in [0.1, 0.15) is 0 Å². The van der Waals surface area contributed by atoms with Gasteiger partial charge in [-0.2, -0.15) is 0 Å². The lowest BCUT2D eigenvalue weighted by Crippen LogP contribution is -2.21. The summed E-state index contributed by atoms with van der Waals surface area (Å²) in [7, 11) is 3.16. The minimum atomic E-state index is -0.252. The van der Waals surface area contributed by atoms with Crippen molar-refractivity contribution in [1.29, 1.82) is 0 Å². The number of rotatable bonds is 5. The van der Waals surface area contributed by atoms with Gasteiger partial charge in [0.1, 0.15) is 5.75 Å². The maximum absolute atomic E-state index is 12.4. The smallest absolute Gasteiger partial charge is 0.261 e. The molecule has 0 fully saturated rings. The predicted octanol–water partition coefficient (Wildman–Crippen LogP) is 3.33. The number of ether oxygens (including phenoxy) is 1. The molecule has 0 spiro atoms. The van der Waals surface area contributed by atoms with Crippen LogP contribution in [0.5, 0.6) is 5.75 Å². The summed E-state index contributed by atoms with van der Waals surface area (Å²) in [5, 5.41) is 4.27. The molecule has 0 saturated heterocycles. The highest BCUT2D eigenvalue weighted by atomic mass is 35.5. The molecule has 8 heteroatoms. The fourth-order valence-corrected chi connectivity index (χ4v) is 3.36. The maximum Gasteiger partial charge on any atom is 0.261 e. The Morgan fingerprint density at radius 3 is 2.85 bits per heavy atom. The number of carbonyl (C=O) groups excluding carboxylic acids is 1. The summed E-state index contributed by atoms with van der Waals surface area (Å²) in [6.45, 7) is 0. The zero-order valence-electron chi connectivity index (χ0n) is 14.2. The molecular formula is C18H16ClN3O3S. The SMILES string of the molecule is COc1ccc(Cl)cc1NC(=O)CSc1nc2ccccc2c(=O)n1C. The van der Waals surface area contributed by atoms with Crippen LogP contribution in [0.3, 0.4) is 0 Å². The van der Waals surface area contributed by atoms with E-state index >= 15 is 0 Å². The lowest BCUT2D eigenvalue weighted by molar-refractivity contribution is -0.113. The molecule has 1 N–H and O–H groups in total. The van der Waals surface area contributed by atoms with Crippen LogP contribution in [0.2, 0.25) is 5.02 Å². The number of hydrogen-bond acceptors (Lipinski definition) is 5. The molecule has 0 radical (unpaired) electrons. The van der Waals surface area contributed by atoms with Crippen molar-refractivity contribution in [3.8, 4) is 5.75 Å². The van der Waals surface area contributed by atoms with Gasteiger partial charge in [0, 0.05) is 12.1 Å². The number of nitrogens with zero attached hydrogens (tertiary/aromatic N) is 2. The summed E-state index contributed by atoms with van der Waals surface area (Å²) in [4.78, 5) is 29.1. The van der Waals surface area contributed by atoms with E-state index in [9.17, 15) is 9.59 Å². The largest absolute Gasteiger partial charge is 0.495 e. The average molecular weight is 390 g/mol. The van der Waals surface area contributed by atoms with E-state index in [1.807, 2.05) is 6.07 Å². The third-order valence-corrected chi connectivity index (χ3v) is 4.98. The summed E-state index contributed by atoms with van der Waals surface area (Å²) < 4.78 is 6.65. The van der Waals surface area contributed by atoms with Gasteiger partial charge in [0.2, 0.25) is 5.91 Å². The topological polar surface area (TPSA) is 73.2 Å². The van der Waals surface area contributed by atoms with Crippen molar-refractivity contribution < 1.29 is 9.53 Å². The van der Waals surface area contributed by atoms with E-state index in [4.69, 9.17) is 16.3 Å². The van der Waals surface area contributed by atoms with Gasteiger partial charge in [-0.05, 0) is 30.3 Å². The number of halogens is 1. The van der Waals surface area contributed by atoms with E-state index in [1.165, 1.54) is 23.4 Å². The molecule has 0 aliphatic heterocycles. The molecule has 0 atom stereocenters. The molecule has 3 aromatic rings. The lowest BCUT2D eigenvalue weighted by atomic mass is 10.2. The number of para-hydroxylation sites is 1. The third-order valence-electron chi connectivity index (χ3n) is 3.71. The van der Waals surface area contributed by atoms with Gasteiger partial charge in [-0.15, -0.1) is 0 Å². The Labute approximate surface area is 159 Å². The van der Waals surface area contributed by atoms with Gasteiger partial charge in [0.15, 0.2) is 5.16 Å². The number of fused-ring (bicyclic) bond motifs is 1. The van der Waals surface area contributed by atoms with Gasteiger partial charge in [0.25, 0.3) is 5.56 Å². The average Bonchev–Trinajstić information content (AvgIpc) is 2.64. The molecule has 0 aliphatic carbocycles. The highest BCUT2D eigenvalue weighted by Gasteiger charge is 2.12. The molecule has 0 bridgehead atoms. The van der Waals surface area contributed by atoms with Gasteiger partial charge in [-0.3, -0.25) is 14.2 Å². The van der Waals surface area contributed by atoms with Gasteiger partial charge in [-0.1, -0.05) is 35.5 Å². The van der Waals surface area contributed by atoms with Crippen LogP contribution in [0.4, 0.5) is 5.69 Å². The van der Waals surface area contributed by atoms with Crippen LogP contribution in [0.25, 0.3) is 10.9 Å². The number of thioether (sulfide) groups is 1. The Morgan fingerprint density at radius 1 is 1.31 bits per heavy atom. The summed E-state index contributed by atoms with van der Waals surface area (Å²) in [5.74, 6) is 0.357. The normalized spacial score (nSPS) is 10.7. The van der Waals surface area contributed by atoms with Crippen molar-refractivity contribution in [2.24, 2.45) is 7.05 Å². The first-order valence-electron chi connectivity index (χ1n) is 7.71. The van der Waals surface area contributed by atoms with E-state index < -0.39 is 0 Å². The quantitative estimate of drug-likeness (QED) is 0.535. The highest BCUT2D eigenvalue weighted by Crippen LogP contribution is 2.28. The molecule has 0 saturated carbocycles. The van der Waals surface area contributed by atoms with E-state index in [0.29, 0.717) is 32.5 Å². The number of hydrogen-bond donors (Lipinski definition) is 1. The molecule has 134 valence electrons. The maximum atomic E-state index is 12.4. The first kappa shape index (κ1) is 18.3. The zero-order valence-corrected chi connectivity index (χ0v) is 15.7. The molecule has 6 nitrogen and oxygen atoms in total. The van der Waals surface area contributed by atoms with Crippen LogP contribution in [0.15, 0.2) is 52.4 Å². The number of aromatic nitrogens is 2. The van der Waals surface area contributed by atoms with Crippen LogP contribution in [0, 0.1) is 0 Å². The van der Waals surface area contributed by atoms with E-state index in [1.54, 1.807) is 43.4 Å². The summed E-state index contributed by atoms with van der Waals surface area (Å²) >= 11 is 7.15. The molecule has 1 heterocycles. The first-order valence-corrected chi connectivity index (χ1v) is 9.08. The zero-order chi connectivity index (χ0) is 18.7. The van der Waals surface area contributed by atoms with E-state index in [-0.39, 0.29) is 17.2 Å². The van der Waals surface area contributed by atoms with Crippen LogP contribution in [-0.2, 0) is 11.8 Å². The lowest BCUT2D eigenvalue weighted by Gasteiger charge is -2.11. The standard InChI is InChI=1S/C18H16ClN3O3S/c1-22-17(24)12-5-3-4-6-13(12)21-18(22)26-10-16(23)20-14-9-11(19)7-8-15(14)25-2/h3-9H,10H2,1-2H3,(H,20,23). The fourth-order valence-electron chi connectivity index (χ4n) is 2.42. The monoisotopic (exact) mass is 389 g/mol. The second kappa shape index (κ2) is 7.80. The second-order valence-electron chi connectivity index (χ2n) is 5.46. The Balaban J connectivity index is 1.76. The van der Waals surface area contributed by atoms with Crippen LogP contribution >= 0.6 is 23.4 Å². The van der Waals surface area contributed by atoms with Gasteiger partial charge in [-0.25, -0.2) is 4.98 Å². The molecule has 0 unspecified atom stereocenters. The van der Waals surface area contributed by atoms with Gasteiger partial charge in [0.05, 0.1) is 29.5 Å². The van der Waals surface area contributed by atoms with Gasteiger partial charge < -0.3 is 10.1 Å². The molecule has 1 amide bonds. The summed E-state index contributed by atoms with van der Waals surface area (Å²) in [6, 6.07) is 12.1. The Hall–Kier alpha value is -2.51. The third kappa shape index (κ3) is 3.84. The molecule has 1 aromatic heterocycles. The summed E-state index contributed by atoms with van der Waals surface area (Å²) in [5.41, 5.74) is 0.955. The fraction of sp³-hybridized carbons (Fsp3) is 0.167. The summed E-state index contributed by atoms with van der Waals surface area (Å²) in [6.07, 6.45) is 0. The number of benzene rings is 2. The van der Waals surface area contributed by atoms with Crippen LogP contribution < -0.4 is 15.6 Å². The second-order valence-corrected chi connectivity index (χ2v) is 6.84. The number of carbonyl (C=O) groups is 1. The predicted molar refractivity (Wildman–Crippen MR) is 104 cm³/mol. The van der Waals surface area contributed by atoms with Crippen molar-refractivity contribution in [2.45, 2.75) is 5.16 Å². The van der Waals surface area contributed by atoms with E-state index in [0.717, 1.165) is 0 Å².